The molecule has 1 aromatic rings. The number of aromatic nitrogens is 2. The zero-order valence-corrected chi connectivity index (χ0v) is 12.6. The SMILES string of the molecule is CCn1ncc(N)c1C(=O)NCC1(N(C)C)CCCC1. The fraction of sp³-hybridized carbons (Fsp3) is 0.714. The zero-order valence-electron chi connectivity index (χ0n) is 12.6. The molecule has 0 saturated heterocycles. The van der Waals surface area contributed by atoms with Gasteiger partial charge in [-0.15, -0.1) is 0 Å². The van der Waals surface area contributed by atoms with Crippen molar-refractivity contribution in [1.29, 1.82) is 0 Å². The van der Waals surface area contributed by atoms with E-state index in [0.29, 0.717) is 24.5 Å². The maximum absolute atomic E-state index is 12.4. The first kappa shape index (κ1) is 14.8. The lowest BCUT2D eigenvalue weighted by Gasteiger charge is -2.36. The molecule has 0 atom stereocenters. The highest BCUT2D eigenvalue weighted by molar-refractivity contribution is 5.97. The number of carbonyl (C=O) groups is 1. The van der Waals surface area contributed by atoms with Crippen LogP contribution in [0.5, 0.6) is 0 Å². The summed E-state index contributed by atoms with van der Waals surface area (Å²) in [6.45, 7) is 3.24. The van der Waals surface area contributed by atoms with E-state index in [2.05, 4.69) is 29.4 Å². The average Bonchev–Trinajstić information content (AvgIpc) is 3.03. The van der Waals surface area contributed by atoms with Crippen LogP contribution in [0.2, 0.25) is 0 Å². The van der Waals surface area contributed by atoms with E-state index >= 15 is 0 Å². The molecule has 1 aliphatic carbocycles. The van der Waals surface area contributed by atoms with Gasteiger partial charge in [-0.05, 0) is 33.9 Å². The summed E-state index contributed by atoms with van der Waals surface area (Å²) in [6.07, 6.45) is 6.24. The van der Waals surface area contributed by atoms with Crippen LogP contribution >= 0.6 is 0 Å². The number of nitrogens with zero attached hydrogens (tertiary/aromatic N) is 3. The number of anilines is 1. The average molecular weight is 279 g/mol. The van der Waals surface area contributed by atoms with E-state index in [1.54, 1.807) is 4.68 Å². The number of hydrogen-bond acceptors (Lipinski definition) is 4. The van der Waals surface area contributed by atoms with Crippen molar-refractivity contribution in [3.8, 4) is 0 Å². The van der Waals surface area contributed by atoms with Crippen LogP contribution in [0.3, 0.4) is 0 Å². The normalized spacial score (nSPS) is 17.6. The molecule has 1 amide bonds. The van der Waals surface area contributed by atoms with E-state index in [0.717, 1.165) is 12.8 Å². The molecule has 1 saturated carbocycles. The first-order valence-electron chi connectivity index (χ1n) is 7.27. The maximum atomic E-state index is 12.4. The highest BCUT2D eigenvalue weighted by Crippen LogP contribution is 2.33. The summed E-state index contributed by atoms with van der Waals surface area (Å²) in [7, 11) is 4.17. The van der Waals surface area contributed by atoms with Crippen LogP contribution in [0, 0.1) is 0 Å². The Morgan fingerprint density at radius 2 is 2.15 bits per heavy atom. The molecule has 0 spiro atoms. The van der Waals surface area contributed by atoms with Crippen LogP contribution in [0.15, 0.2) is 6.20 Å². The van der Waals surface area contributed by atoms with Crippen LogP contribution in [0.1, 0.15) is 43.1 Å². The Morgan fingerprint density at radius 3 is 2.70 bits per heavy atom. The van der Waals surface area contributed by atoms with Gasteiger partial charge in [-0.25, -0.2) is 0 Å². The Kier molecular flexibility index (Phi) is 4.32. The van der Waals surface area contributed by atoms with Gasteiger partial charge in [-0.3, -0.25) is 9.48 Å². The predicted molar refractivity (Wildman–Crippen MR) is 79.5 cm³/mol. The van der Waals surface area contributed by atoms with Crippen LogP contribution in [-0.4, -0.2) is 46.8 Å². The van der Waals surface area contributed by atoms with Crippen molar-refractivity contribution in [2.24, 2.45) is 0 Å². The summed E-state index contributed by atoms with van der Waals surface area (Å²) >= 11 is 0. The zero-order chi connectivity index (χ0) is 14.8. The van der Waals surface area contributed by atoms with E-state index in [-0.39, 0.29) is 11.4 Å². The van der Waals surface area contributed by atoms with E-state index in [4.69, 9.17) is 5.73 Å². The molecular weight excluding hydrogens is 254 g/mol. The Bertz CT molecular complexity index is 474. The molecule has 0 bridgehead atoms. The fourth-order valence-electron chi connectivity index (χ4n) is 3.03. The van der Waals surface area contributed by atoms with Gasteiger partial charge in [-0.1, -0.05) is 12.8 Å². The third-order valence-corrected chi connectivity index (χ3v) is 4.44. The van der Waals surface area contributed by atoms with Crippen LogP contribution in [0.25, 0.3) is 0 Å². The van der Waals surface area contributed by atoms with Crippen LogP contribution in [-0.2, 0) is 6.54 Å². The number of carbonyl (C=O) groups excluding carboxylic acids is 1. The summed E-state index contributed by atoms with van der Waals surface area (Å²) in [5.74, 6) is -0.130. The van der Waals surface area contributed by atoms with E-state index in [9.17, 15) is 4.79 Å². The van der Waals surface area contributed by atoms with Gasteiger partial charge in [0.2, 0.25) is 0 Å². The Balaban J connectivity index is 2.06. The van der Waals surface area contributed by atoms with Crippen molar-refractivity contribution in [2.45, 2.75) is 44.7 Å². The molecule has 3 N–H and O–H groups in total. The molecule has 6 nitrogen and oxygen atoms in total. The summed E-state index contributed by atoms with van der Waals surface area (Å²) in [6, 6.07) is 0. The third kappa shape index (κ3) is 2.65. The minimum absolute atomic E-state index is 0.0848. The van der Waals surface area contributed by atoms with Gasteiger partial charge in [0.1, 0.15) is 5.69 Å². The molecular formula is C14H25N5O. The molecule has 20 heavy (non-hydrogen) atoms. The minimum atomic E-state index is -0.130. The van der Waals surface area contributed by atoms with Crippen molar-refractivity contribution in [3.63, 3.8) is 0 Å². The van der Waals surface area contributed by atoms with Crippen molar-refractivity contribution in [2.75, 3.05) is 26.4 Å². The lowest BCUT2D eigenvalue weighted by atomic mass is 9.96. The van der Waals surface area contributed by atoms with Crippen LogP contribution in [0.4, 0.5) is 5.69 Å². The first-order chi connectivity index (χ1) is 9.50. The molecule has 6 heteroatoms. The molecule has 1 fully saturated rings. The summed E-state index contributed by atoms with van der Waals surface area (Å²) in [5, 5.41) is 7.15. The van der Waals surface area contributed by atoms with Gasteiger partial charge in [0, 0.05) is 18.6 Å². The van der Waals surface area contributed by atoms with Gasteiger partial charge in [0.15, 0.2) is 0 Å². The van der Waals surface area contributed by atoms with Gasteiger partial charge < -0.3 is 16.0 Å². The quantitative estimate of drug-likeness (QED) is 0.846. The molecule has 0 unspecified atom stereocenters. The number of nitrogens with two attached hydrogens (primary N) is 1. The lowest BCUT2D eigenvalue weighted by molar-refractivity contribution is 0.0890. The molecule has 0 aromatic carbocycles. The van der Waals surface area contributed by atoms with Crippen molar-refractivity contribution in [1.82, 2.24) is 20.0 Å². The number of aryl methyl sites for hydroxylation is 1. The summed E-state index contributed by atoms with van der Waals surface area (Å²) < 4.78 is 1.64. The fourth-order valence-corrected chi connectivity index (χ4v) is 3.03. The van der Waals surface area contributed by atoms with E-state index in [1.165, 1.54) is 19.0 Å². The minimum Gasteiger partial charge on any atom is -0.396 e. The molecule has 0 radical (unpaired) electrons. The van der Waals surface area contributed by atoms with E-state index in [1.807, 2.05) is 6.92 Å². The van der Waals surface area contributed by atoms with Gasteiger partial charge in [-0.2, -0.15) is 5.10 Å². The second-order valence-electron chi connectivity index (χ2n) is 5.77. The maximum Gasteiger partial charge on any atom is 0.271 e. The number of hydrogen-bond donors (Lipinski definition) is 2. The topological polar surface area (TPSA) is 76.2 Å². The Hall–Kier alpha value is -1.56. The number of rotatable bonds is 5. The second kappa shape index (κ2) is 5.83. The molecule has 112 valence electrons. The summed E-state index contributed by atoms with van der Waals surface area (Å²) in [4.78, 5) is 14.6. The monoisotopic (exact) mass is 279 g/mol. The summed E-state index contributed by atoms with van der Waals surface area (Å²) in [5.41, 5.74) is 6.84. The number of likely N-dealkylation sites (N-methyl/N-ethyl adjacent to an activating group) is 1. The molecule has 0 aliphatic heterocycles. The van der Waals surface area contributed by atoms with Crippen molar-refractivity contribution < 1.29 is 4.79 Å². The van der Waals surface area contributed by atoms with Gasteiger partial charge >= 0.3 is 0 Å². The van der Waals surface area contributed by atoms with Crippen molar-refractivity contribution >= 4 is 11.6 Å². The van der Waals surface area contributed by atoms with E-state index < -0.39 is 0 Å². The lowest BCUT2D eigenvalue weighted by Crippen LogP contribution is -2.51. The second-order valence-corrected chi connectivity index (χ2v) is 5.77. The smallest absolute Gasteiger partial charge is 0.271 e. The predicted octanol–water partition coefficient (Wildman–Crippen LogP) is 1.09. The molecule has 1 aromatic heterocycles. The van der Waals surface area contributed by atoms with Crippen LogP contribution < -0.4 is 11.1 Å². The highest BCUT2D eigenvalue weighted by Gasteiger charge is 2.36. The number of nitrogen functional groups attached to an aromatic ring is 1. The molecule has 2 rings (SSSR count). The Labute approximate surface area is 120 Å². The Morgan fingerprint density at radius 1 is 1.50 bits per heavy atom. The molecule has 1 aliphatic rings. The van der Waals surface area contributed by atoms with Crippen molar-refractivity contribution in [3.05, 3.63) is 11.9 Å². The first-order valence-corrected chi connectivity index (χ1v) is 7.27. The molecule has 1 heterocycles. The number of amides is 1. The largest absolute Gasteiger partial charge is 0.396 e. The van der Waals surface area contributed by atoms with Gasteiger partial charge in [0.25, 0.3) is 5.91 Å². The standard InChI is InChI=1S/C14H25N5O/c1-4-19-12(11(15)9-17-19)13(20)16-10-14(18(2)3)7-5-6-8-14/h9H,4-8,10,15H2,1-3H3,(H,16,20). The third-order valence-electron chi connectivity index (χ3n) is 4.44. The highest BCUT2D eigenvalue weighted by atomic mass is 16.2. The number of nitrogens with one attached hydrogen (secondary N) is 1. The van der Waals surface area contributed by atoms with Gasteiger partial charge in [0.05, 0.1) is 11.9 Å².